The number of benzene rings is 1. The second-order valence-corrected chi connectivity index (χ2v) is 4.04. The third-order valence-electron chi connectivity index (χ3n) is 1.94. The average molecular weight is 268 g/mol. The van der Waals surface area contributed by atoms with Gasteiger partial charge in [0.1, 0.15) is 0 Å². The van der Waals surface area contributed by atoms with Crippen LogP contribution < -0.4 is 5.73 Å². The summed E-state index contributed by atoms with van der Waals surface area (Å²) in [5.41, 5.74) is 7.21. The molecule has 2 aromatic rings. The van der Waals surface area contributed by atoms with E-state index in [2.05, 4.69) is 26.1 Å². The minimum Gasteiger partial charge on any atom is -0.421 e. The molecule has 15 heavy (non-hydrogen) atoms. The molecule has 0 fully saturated rings. The standard InChI is InChI=1S/C10H10BrN3O/c1-2-9-13-14-10(15-9)6-3-7(11)5-8(12)4-6/h3-5H,2,12H2,1H3. The largest absolute Gasteiger partial charge is 0.421 e. The van der Waals surface area contributed by atoms with Crippen LogP contribution in [0.5, 0.6) is 0 Å². The number of anilines is 1. The van der Waals surface area contributed by atoms with Crippen LogP contribution in [0.15, 0.2) is 27.1 Å². The Morgan fingerprint density at radius 2 is 2.13 bits per heavy atom. The molecule has 1 aromatic heterocycles. The highest BCUT2D eigenvalue weighted by Gasteiger charge is 2.08. The number of nitrogens with two attached hydrogens (primary N) is 1. The van der Waals surface area contributed by atoms with Crippen LogP contribution in [-0.4, -0.2) is 10.2 Å². The first kappa shape index (κ1) is 10.2. The molecule has 0 amide bonds. The third-order valence-corrected chi connectivity index (χ3v) is 2.39. The van der Waals surface area contributed by atoms with Crippen LogP contribution in [0, 0.1) is 0 Å². The highest BCUT2D eigenvalue weighted by atomic mass is 79.9. The van der Waals surface area contributed by atoms with Gasteiger partial charge in [0.25, 0.3) is 0 Å². The van der Waals surface area contributed by atoms with Gasteiger partial charge >= 0.3 is 0 Å². The van der Waals surface area contributed by atoms with Crippen molar-refractivity contribution < 1.29 is 4.42 Å². The first-order valence-electron chi connectivity index (χ1n) is 4.58. The van der Waals surface area contributed by atoms with Gasteiger partial charge in [-0.05, 0) is 18.2 Å². The van der Waals surface area contributed by atoms with Crippen LogP contribution in [0.2, 0.25) is 0 Å². The first-order chi connectivity index (χ1) is 7.19. The van der Waals surface area contributed by atoms with Crippen LogP contribution in [0.1, 0.15) is 12.8 Å². The van der Waals surface area contributed by atoms with E-state index < -0.39 is 0 Å². The number of halogens is 1. The van der Waals surface area contributed by atoms with Gasteiger partial charge in [-0.1, -0.05) is 22.9 Å². The van der Waals surface area contributed by atoms with E-state index in [9.17, 15) is 0 Å². The Kier molecular flexibility index (Phi) is 2.73. The van der Waals surface area contributed by atoms with Crippen LogP contribution in [0.3, 0.4) is 0 Å². The van der Waals surface area contributed by atoms with Crippen molar-refractivity contribution in [2.45, 2.75) is 13.3 Å². The van der Waals surface area contributed by atoms with E-state index in [-0.39, 0.29) is 0 Å². The van der Waals surface area contributed by atoms with E-state index in [0.29, 0.717) is 17.5 Å². The molecule has 0 unspecified atom stereocenters. The maximum absolute atomic E-state index is 5.72. The van der Waals surface area contributed by atoms with Gasteiger partial charge in [-0.3, -0.25) is 0 Å². The monoisotopic (exact) mass is 267 g/mol. The summed E-state index contributed by atoms with van der Waals surface area (Å²) >= 11 is 3.36. The molecule has 0 bridgehead atoms. The number of aromatic nitrogens is 2. The fourth-order valence-electron chi connectivity index (χ4n) is 1.25. The van der Waals surface area contributed by atoms with Crippen molar-refractivity contribution in [3.05, 3.63) is 28.6 Å². The number of nitrogens with zero attached hydrogens (tertiary/aromatic N) is 2. The van der Waals surface area contributed by atoms with Crippen molar-refractivity contribution in [3.63, 3.8) is 0 Å². The van der Waals surface area contributed by atoms with Crippen LogP contribution in [0.25, 0.3) is 11.5 Å². The Morgan fingerprint density at radius 1 is 1.33 bits per heavy atom. The molecule has 0 aliphatic carbocycles. The van der Waals surface area contributed by atoms with Gasteiger partial charge in [-0.15, -0.1) is 10.2 Å². The van der Waals surface area contributed by atoms with Crippen molar-refractivity contribution in [1.29, 1.82) is 0 Å². The molecule has 0 aliphatic heterocycles. The van der Waals surface area contributed by atoms with Gasteiger partial charge < -0.3 is 10.2 Å². The Morgan fingerprint density at radius 3 is 2.73 bits per heavy atom. The summed E-state index contributed by atoms with van der Waals surface area (Å²) in [5, 5.41) is 7.84. The van der Waals surface area contributed by atoms with Crippen LogP contribution >= 0.6 is 15.9 Å². The van der Waals surface area contributed by atoms with E-state index in [0.717, 1.165) is 16.5 Å². The Labute approximate surface area is 95.6 Å². The zero-order chi connectivity index (χ0) is 10.8. The minimum absolute atomic E-state index is 0.500. The van der Waals surface area contributed by atoms with Gasteiger partial charge in [0.15, 0.2) is 0 Å². The molecule has 1 aromatic carbocycles. The summed E-state index contributed by atoms with van der Waals surface area (Å²) in [5.74, 6) is 1.13. The number of hydrogen-bond acceptors (Lipinski definition) is 4. The SMILES string of the molecule is CCc1nnc(-c2cc(N)cc(Br)c2)o1. The molecular weight excluding hydrogens is 258 g/mol. The predicted molar refractivity (Wildman–Crippen MR) is 61.2 cm³/mol. The van der Waals surface area contributed by atoms with Crippen molar-refractivity contribution >= 4 is 21.6 Å². The number of aryl methyl sites for hydroxylation is 1. The average Bonchev–Trinajstić information content (AvgIpc) is 2.64. The topological polar surface area (TPSA) is 64.9 Å². The summed E-state index contributed by atoms with van der Waals surface area (Å²) in [6, 6.07) is 5.52. The van der Waals surface area contributed by atoms with E-state index in [1.54, 1.807) is 6.07 Å². The quantitative estimate of drug-likeness (QED) is 0.850. The molecule has 78 valence electrons. The van der Waals surface area contributed by atoms with Crippen LogP contribution in [-0.2, 0) is 6.42 Å². The van der Waals surface area contributed by atoms with Gasteiger partial charge in [-0.2, -0.15) is 0 Å². The van der Waals surface area contributed by atoms with Gasteiger partial charge in [-0.25, -0.2) is 0 Å². The molecule has 2 rings (SSSR count). The number of nitrogen functional groups attached to an aromatic ring is 1. The molecular formula is C10H10BrN3O. The highest BCUT2D eigenvalue weighted by Crippen LogP contribution is 2.25. The fourth-order valence-corrected chi connectivity index (χ4v) is 1.76. The van der Waals surface area contributed by atoms with Gasteiger partial charge in [0.2, 0.25) is 11.8 Å². The smallest absolute Gasteiger partial charge is 0.247 e. The van der Waals surface area contributed by atoms with Gasteiger partial charge in [0, 0.05) is 22.1 Å². The van der Waals surface area contributed by atoms with E-state index in [4.69, 9.17) is 10.2 Å². The van der Waals surface area contributed by atoms with E-state index >= 15 is 0 Å². The number of hydrogen-bond donors (Lipinski definition) is 1. The zero-order valence-corrected chi connectivity index (χ0v) is 9.78. The predicted octanol–water partition coefficient (Wildman–Crippen LogP) is 2.64. The fraction of sp³-hybridized carbons (Fsp3) is 0.200. The normalized spacial score (nSPS) is 10.5. The van der Waals surface area contributed by atoms with Crippen molar-refractivity contribution in [2.24, 2.45) is 0 Å². The summed E-state index contributed by atoms with van der Waals surface area (Å²) < 4.78 is 6.33. The molecule has 0 radical (unpaired) electrons. The number of rotatable bonds is 2. The molecule has 0 atom stereocenters. The van der Waals surface area contributed by atoms with Crippen molar-refractivity contribution in [1.82, 2.24) is 10.2 Å². The first-order valence-corrected chi connectivity index (χ1v) is 5.37. The second-order valence-electron chi connectivity index (χ2n) is 3.13. The maximum atomic E-state index is 5.72. The third kappa shape index (κ3) is 2.18. The summed E-state index contributed by atoms with van der Waals surface area (Å²) in [4.78, 5) is 0. The Hall–Kier alpha value is -1.36. The molecule has 1 heterocycles. The van der Waals surface area contributed by atoms with E-state index in [1.165, 1.54) is 0 Å². The summed E-state index contributed by atoms with van der Waals surface area (Å²) in [6.45, 7) is 1.96. The summed E-state index contributed by atoms with van der Waals surface area (Å²) in [6.07, 6.45) is 0.733. The molecule has 0 saturated carbocycles. The van der Waals surface area contributed by atoms with Crippen molar-refractivity contribution in [3.8, 4) is 11.5 Å². The minimum atomic E-state index is 0.500. The lowest BCUT2D eigenvalue weighted by Crippen LogP contribution is -1.86. The summed E-state index contributed by atoms with van der Waals surface area (Å²) in [7, 11) is 0. The molecule has 4 nitrogen and oxygen atoms in total. The van der Waals surface area contributed by atoms with E-state index in [1.807, 2.05) is 19.1 Å². The maximum Gasteiger partial charge on any atom is 0.247 e. The van der Waals surface area contributed by atoms with Crippen molar-refractivity contribution in [2.75, 3.05) is 5.73 Å². The van der Waals surface area contributed by atoms with Crippen LogP contribution in [0.4, 0.5) is 5.69 Å². The second kappa shape index (κ2) is 4.02. The molecule has 0 spiro atoms. The lowest BCUT2D eigenvalue weighted by atomic mass is 10.2. The lowest BCUT2D eigenvalue weighted by molar-refractivity contribution is 0.513. The lowest BCUT2D eigenvalue weighted by Gasteiger charge is -1.98. The van der Waals surface area contributed by atoms with Gasteiger partial charge in [0.05, 0.1) is 0 Å². The molecule has 0 aliphatic rings. The zero-order valence-electron chi connectivity index (χ0n) is 8.20. The molecule has 2 N–H and O–H groups in total. The highest BCUT2D eigenvalue weighted by molar-refractivity contribution is 9.10. The molecule has 0 saturated heterocycles. The Bertz CT molecular complexity index is 461. The Balaban J connectivity index is 2.44. The molecule has 5 heteroatoms.